The first kappa shape index (κ1) is 12.7. The van der Waals surface area contributed by atoms with Crippen LogP contribution in [-0.4, -0.2) is 16.7 Å². The van der Waals surface area contributed by atoms with Crippen molar-refractivity contribution < 1.29 is 8.81 Å². The highest BCUT2D eigenvalue weighted by Crippen LogP contribution is 2.15. The van der Waals surface area contributed by atoms with Gasteiger partial charge in [0.05, 0.1) is 12.5 Å². The van der Waals surface area contributed by atoms with Gasteiger partial charge in [0, 0.05) is 0 Å². The van der Waals surface area contributed by atoms with E-state index in [1.165, 1.54) is 6.07 Å². The van der Waals surface area contributed by atoms with Crippen LogP contribution in [0.2, 0.25) is 0 Å². The van der Waals surface area contributed by atoms with E-state index in [4.69, 9.17) is 4.42 Å². The Bertz CT molecular complexity index is 512. The summed E-state index contributed by atoms with van der Waals surface area (Å²) >= 11 is 0. The number of nitrogens with one attached hydrogen (secondary N) is 1. The molecule has 1 N–H and O–H groups in total. The third kappa shape index (κ3) is 2.92. The van der Waals surface area contributed by atoms with Gasteiger partial charge in [0.1, 0.15) is 5.82 Å². The van der Waals surface area contributed by atoms with Crippen molar-refractivity contribution in [2.45, 2.75) is 26.3 Å². The summed E-state index contributed by atoms with van der Waals surface area (Å²) in [5.74, 6) is 0.708. The number of hydrogen-bond donors (Lipinski definition) is 1. The van der Waals surface area contributed by atoms with Crippen LogP contribution >= 0.6 is 0 Å². The fourth-order valence-corrected chi connectivity index (χ4v) is 1.71. The van der Waals surface area contributed by atoms with Crippen molar-refractivity contribution in [1.29, 1.82) is 0 Å². The fourth-order valence-electron chi connectivity index (χ4n) is 1.71. The SMILES string of the molecule is CCNC(C)c1nnc(Cc2ccccc2F)o1. The minimum absolute atomic E-state index is 0.0110. The van der Waals surface area contributed by atoms with Crippen molar-refractivity contribution in [1.82, 2.24) is 15.5 Å². The molecule has 0 aliphatic heterocycles. The molecule has 1 atom stereocenters. The Morgan fingerprint density at radius 2 is 2.11 bits per heavy atom. The van der Waals surface area contributed by atoms with Crippen molar-refractivity contribution in [3.05, 3.63) is 47.4 Å². The molecule has 96 valence electrons. The Morgan fingerprint density at radius 3 is 2.83 bits per heavy atom. The van der Waals surface area contributed by atoms with Crippen molar-refractivity contribution in [2.24, 2.45) is 0 Å². The molecule has 1 aromatic carbocycles. The highest BCUT2D eigenvalue weighted by molar-refractivity contribution is 5.20. The van der Waals surface area contributed by atoms with Crippen LogP contribution in [0.5, 0.6) is 0 Å². The van der Waals surface area contributed by atoms with Gasteiger partial charge in [0.2, 0.25) is 11.8 Å². The Balaban J connectivity index is 2.09. The molecular formula is C13H16FN3O. The van der Waals surface area contributed by atoms with Crippen molar-refractivity contribution in [3.8, 4) is 0 Å². The van der Waals surface area contributed by atoms with Crippen LogP contribution in [0.15, 0.2) is 28.7 Å². The first-order chi connectivity index (χ1) is 8.70. The quantitative estimate of drug-likeness (QED) is 0.884. The number of aromatic nitrogens is 2. The maximum absolute atomic E-state index is 13.5. The Kier molecular flexibility index (Phi) is 4.04. The predicted molar refractivity (Wildman–Crippen MR) is 65.6 cm³/mol. The molecule has 1 unspecified atom stereocenters. The van der Waals surface area contributed by atoms with Crippen LogP contribution in [0.25, 0.3) is 0 Å². The number of hydrogen-bond acceptors (Lipinski definition) is 4. The zero-order valence-electron chi connectivity index (χ0n) is 10.5. The van der Waals surface area contributed by atoms with Gasteiger partial charge in [0.25, 0.3) is 0 Å². The molecule has 0 radical (unpaired) electrons. The molecule has 0 aliphatic carbocycles. The zero-order chi connectivity index (χ0) is 13.0. The lowest BCUT2D eigenvalue weighted by atomic mass is 10.1. The molecule has 0 amide bonds. The van der Waals surface area contributed by atoms with E-state index < -0.39 is 0 Å². The minimum Gasteiger partial charge on any atom is -0.423 e. The van der Waals surface area contributed by atoms with Gasteiger partial charge >= 0.3 is 0 Å². The first-order valence-electron chi connectivity index (χ1n) is 5.99. The summed E-state index contributed by atoms with van der Waals surface area (Å²) in [7, 11) is 0. The van der Waals surface area contributed by atoms with Gasteiger partial charge in [0.15, 0.2) is 0 Å². The van der Waals surface area contributed by atoms with E-state index in [1.54, 1.807) is 18.2 Å². The lowest BCUT2D eigenvalue weighted by Crippen LogP contribution is -2.17. The molecule has 2 aromatic rings. The first-order valence-corrected chi connectivity index (χ1v) is 5.99. The molecule has 18 heavy (non-hydrogen) atoms. The number of benzene rings is 1. The van der Waals surface area contributed by atoms with E-state index in [0.717, 1.165) is 6.54 Å². The second-order valence-corrected chi connectivity index (χ2v) is 4.08. The molecule has 0 fully saturated rings. The minimum atomic E-state index is -0.253. The van der Waals surface area contributed by atoms with Gasteiger partial charge in [-0.05, 0) is 25.1 Å². The van der Waals surface area contributed by atoms with Gasteiger partial charge in [-0.15, -0.1) is 10.2 Å². The summed E-state index contributed by atoms with van der Waals surface area (Å²) in [6.45, 7) is 4.78. The highest BCUT2D eigenvalue weighted by atomic mass is 19.1. The van der Waals surface area contributed by atoms with Crippen LogP contribution in [0, 0.1) is 5.82 Å². The van der Waals surface area contributed by atoms with Crippen molar-refractivity contribution >= 4 is 0 Å². The van der Waals surface area contributed by atoms with Crippen LogP contribution in [0.1, 0.15) is 37.2 Å². The van der Waals surface area contributed by atoms with Gasteiger partial charge < -0.3 is 9.73 Å². The molecule has 1 aromatic heterocycles. The highest BCUT2D eigenvalue weighted by Gasteiger charge is 2.13. The van der Waals surface area contributed by atoms with Crippen LogP contribution < -0.4 is 5.32 Å². The van der Waals surface area contributed by atoms with Crippen LogP contribution in [0.3, 0.4) is 0 Å². The topological polar surface area (TPSA) is 51.0 Å². The van der Waals surface area contributed by atoms with E-state index in [2.05, 4.69) is 15.5 Å². The van der Waals surface area contributed by atoms with Crippen LogP contribution in [-0.2, 0) is 6.42 Å². The molecule has 0 spiro atoms. The van der Waals surface area contributed by atoms with E-state index in [0.29, 0.717) is 23.8 Å². The summed E-state index contributed by atoms with van der Waals surface area (Å²) in [4.78, 5) is 0. The second kappa shape index (κ2) is 5.73. The lowest BCUT2D eigenvalue weighted by molar-refractivity contribution is 0.400. The predicted octanol–water partition coefficient (Wildman–Crippen LogP) is 2.47. The van der Waals surface area contributed by atoms with Gasteiger partial charge in [-0.3, -0.25) is 0 Å². The van der Waals surface area contributed by atoms with Crippen molar-refractivity contribution in [3.63, 3.8) is 0 Å². The average Bonchev–Trinajstić information content (AvgIpc) is 2.81. The third-order valence-corrected chi connectivity index (χ3v) is 2.66. The number of rotatable bonds is 5. The third-order valence-electron chi connectivity index (χ3n) is 2.66. The molecule has 2 rings (SSSR count). The molecule has 0 saturated carbocycles. The lowest BCUT2D eigenvalue weighted by Gasteiger charge is -2.05. The van der Waals surface area contributed by atoms with Gasteiger partial charge in [-0.2, -0.15) is 0 Å². The van der Waals surface area contributed by atoms with E-state index in [-0.39, 0.29) is 11.9 Å². The zero-order valence-corrected chi connectivity index (χ0v) is 10.5. The molecule has 0 bridgehead atoms. The maximum atomic E-state index is 13.5. The summed E-state index contributed by atoms with van der Waals surface area (Å²) in [5, 5.41) is 11.1. The maximum Gasteiger partial charge on any atom is 0.233 e. The van der Waals surface area contributed by atoms with E-state index in [1.807, 2.05) is 13.8 Å². The standard InChI is InChI=1S/C13H16FN3O/c1-3-15-9(2)13-17-16-12(18-13)8-10-6-4-5-7-11(10)14/h4-7,9,15H,3,8H2,1-2H3. The Hall–Kier alpha value is -1.75. The average molecular weight is 249 g/mol. The largest absolute Gasteiger partial charge is 0.423 e. The Labute approximate surface area is 105 Å². The Morgan fingerprint density at radius 1 is 1.33 bits per heavy atom. The molecule has 4 nitrogen and oxygen atoms in total. The molecule has 0 saturated heterocycles. The van der Waals surface area contributed by atoms with Crippen molar-refractivity contribution in [2.75, 3.05) is 6.54 Å². The van der Waals surface area contributed by atoms with Crippen LogP contribution in [0.4, 0.5) is 4.39 Å². The summed E-state index contributed by atoms with van der Waals surface area (Å²) in [6, 6.07) is 6.60. The molecule has 1 heterocycles. The van der Waals surface area contributed by atoms with Gasteiger partial charge in [-0.1, -0.05) is 25.1 Å². The number of halogens is 1. The molecule has 5 heteroatoms. The number of nitrogens with zero attached hydrogens (tertiary/aromatic N) is 2. The summed E-state index contributed by atoms with van der Waals surface area (Å²) in [5.41, 5.74) is 0.559. The van der Waals surface area contributed by atoms with Gasteiger partial charge in [-0.25, -0.2) is 4.39 Å². The molecule has 0 aliphatic rings. The summed E-state index contributed by atoms with van der Waals surface area (Å²) < 4.78 is 19.0. The molecular weight excluding hydrogens is 233 g/mol. The smallest absolute Gasteiger partial charge is 0.233 e. The monoisotopic (exact) mass is 249 g/mol. The van der Waals surface area contributed by atoms with E-state index >= 15 is 0 Å². The second-order valence-electron chi connectivity index (χ2n) is 4.08. The van der Waals surface area contributed by atoms with E-state index in [9.17, 15) is 4.39 Å². The normalized spacial score (nSPS) is 12.6. The fraction of sp³-hybridized carbons (Fsp3) is 0.385. The summed E-state index contributed by atoms with van der Waals surface area (Å²) in [6.07, 6.45) is 0.318.